The van der Waals surface area contributed by atoms with Gasteiger partial charge in [-0.3, -0.25) is 14.4 Å². The Labute approximate surface area is 200 Å². The number of carbonyl (C=O) groups excluding carboxylic acids is 3. The van der Waals surface area contributed by atoms with Crippen LogP contribution in [0.25, 0.3) is 0 Å². The largest absolute Gasteiger partial charge is 0.349 e. The fraction of sp³-hybridized carbons (Fsp3) is 0.464. The maximum atomic E-state index is 13.5. The molecule has 0 radical (unpaired) electrons. The summed E-state index contributed by atoms with van der Waals surface area (Å²) in [6.07, 6.45) is 7.81. The maximum absolute atomic E-state index is 13.5. The van der Waals surface area contributed by atoms with Crippen molar-refractivity contribution in [3.8, 4) is 0 Å². The van der Waals surface area contributed by atoms with E-state index in [1.807, 2.05) is 35.2 Å². The van der Waals surface area contributed by atoms with E-state index >= 15 is 0 Å². The molecular weight excluding hydrogens is 426 g/mol. The number of rotatable bonds is 7. The van der Waals surface area contributed by atoms with Crippen LogP contribution in [0.1, 0.15) is 65.6 Å². The number of nitrogens with zero attached hydrogens (tertiary/aromatic N) is 2. The number of carbonyl (C=O) groups is 3. The van der Waals surface area contributed by atoms with Gasteiger partial charge in [0.05, 0.1) is 5.92 Å². The van der Waals surface area contributed by atoms with Crippen molar-refractivity contribution in [2.45, 2.75) is 70.0 Å². The number of anilines is 1. The van der Waals surface area contributed by atoms with E-state index in [0.29, 0.717) is 24.7 Å². The Morgan fingerprint density at radius 2 is 1.74 bits per heavy atom. The van der Waals surface area contributed by atoms with Crippen molar-refractivity contribution in [1.29, 1.82) is 0 Å². The molecule has 2 saturated carbocycles. The summed E-state index contributed by atoms with van der Waals surface area (Å²) >= 11 is 0. The zero-order valence-electron chi connectivity index (χ0n) is 19.5. The molecule has 0 aromatic heterocycles. The van der Waals surface area contributed by atoms with Gasteiger partial charge < -0.3 is 15.1 Å². The quantitative estimate of drug-likeness (QED) is 0.691. The number of aryl methyl sites for hydroxylation is 2. The summed E-state index contributed by atoms with van der Waals surface area (Å²) < 4.78 is 0. The van der Waals surface area contributed by atoms with Crippen molar-refractivity contribution in [2.75, 3.05) is 11.4 Å². The number of benzene rings is 2. The molecule has 1 N–H and O–H groups in total. The van der Waals surface area contributed by atoms with Crippen LogP contribution >= 0.6 is 0 Å². The first-order valence-corrected chi connectivity index (χ1v) is 12.7. The van der Waals surface area contributed by atoms with E-state index in [0.717, 1.165) is 49.8 Å². The summed E-state index contributed by atoms with van der Waals surface area (Å²) in [7, 11) is 0. The predicted molar refractivity (Wildman–Crippen MR) is 129 cm³/mol. The fourth-order valence-corrected chi connectivity index (χ4v) is 5.31. The molecule has 6 nitrogen and oxygen atoms in total. The first kappa shape index (κ1) is 21.4. The average molecular weight is 458 g/mol. The average Bonchev–Trinajstić information content (AvgIpc) is 3.77. The summed E-state index contributed by atoms with van der Waals surface area (Å²) in [5, 5.41) is 3.01. The Hall–Kier alpha value is -3.15. The van der Waals surface area contributed by atoms with Gasteiger partial charge >= 0.3 is 0 Å². The SMILES string of the molecule is O=C(NC1CC1)c1ccc(CN(C(=O)C2CC(=O)N(c3ccc4c(c3)CCC4)C2)C2CC2)cc1. The van der Waals surface area contributed by atoms with Crippen LogP contribution in [-0.2, 0) is 29.0 Å². The van der Waals surface area contributed by atoms with E-state index in [4.69, 9.17) is 0 Å². The molecule has 3 aliphatic carbocycles. The van der Waals surface area contributed by atoms with Crippen LogP contribution in [0.2, 0.25) is 0 Å². The Kier molecular flexibility index (Phi) is 5.39. The molecule has 34 heavy (non-hydrogen) atoms. The molecule has 0 spiro atoms. The predicted octanol–water partition coefficient (Wildman–Crippen LogP) is 3.61. The van der Waals surface area contributed by atoms with E-state index < -0.39 is 0 Å². The standard InChI is InChI=1S/C28H31N3O3/c32-26-15-22(17-30(26)25-11-8-19-2-1-3-21(19)14-25)28(34)31(24-12-13-24)16-18-4-6-20(7-5-18)27(33)29-23-9-10-23/h4-8,11,14,22-24H,1-3,9-10,12-13,15-17H2,(H,29,33). The Morgan fingerprint density at radius 3 is 2.47 bits per heavy atom. The molecule has 1 unspecified atom stereocenters. The van der Waals surface area contributed by atoms with E-state index in [-0.39, 0.29) is 36.1 Å². The fourth-order valence-electron chi connectivity index (χ4n) is 5.31. The molecule has 3 fully saturated rings. The van der Waals surface area contributed by atoms with Crippen LogP contribution in [0.15, 0.2) is 42.5 Å². The lowest BCUT2D eigenvalue weighted by atomic mass is 10.1. The third-order valence-corrected chi connectivity index (χ3v) is 7.62. The van der Waals surface area contributed by atoms with Gasteiger partial charge in [-0.25, -0.2) is 0 Å². The zero-order chi connectivity index (χ0) is 23.2. The lowest BCUT2D eigenvalue weighted by Crippen LogP contribution is -2.38. The monoisotopic (exact) mass is 457 g/mol. The van der Waals surface area contributed by atoms with Gasteiger partial charge in [0, 0.05) is 42.8 Å². The molecule has 0 bridgehead atoms. The number of amides is 3. The van der Waals surface area contributed by atoms with Gasteiger partial charge in [-0.1, -0.05) is 18.2 Å². The second kappa shape index (κ2) is 8.57. The molecule has 1 heterocycles. The van der Waals surface area contributed by atoms with Crippen molar-refractivity contribution >= 4 is 23.4 Å². The summed E-state index contributed by atoms with van der Waals surface area (Å²) in [5.74, 6) is -0.210. The molecule has 2 aromatic rings. The first-order chi connectivity index (χ1) is 16.5. The smallest absolute Gasteiger partial charge is 0.251 e. The van der Waals surface area contributed by atoms with Gasteiger partial charge in [-0.15, -0.1) is 0 Å². The molecule has 6 rings (SSSR count). The number of hydrogen-bond acceptors (Lipinski definition) is 3. The van der Waals surface area contributed by atoms with Crippen LogP contribution < -0.4 is 10.2 Å². The van der Waals surface area contributed by atoms with E-state index in [2.05, 4.69) is 17.4 Å². The lowest BCUT2D eigenvalue weighted by molar-refractivity contribution is -0.137. The van der Waals surface area contributed by atoms with Crippen molar-refractivity contribution in [1.82, 2.24) is 10.2 Å². The van der Waals surface area contributed by atoms with Crippen molar-refractivity contribution in [3.05, 3.63) is 64.7 Å². The van der Waals surface area contributed by atoms with Gasteiger partial charge in [0.15, 0.2) is 0 Å². The highest BCUT2D eigenvalue weighted by atomic mass is 16.2. The Morgan fingerprint density at radius 1 is 0.971 bits per heavy atom. The summed E-state index contributed by atoms with van der Waals surface area (Å²) in [6.45, 7) is 0.984. The van der Waals surface area contributed by atoms with E-state index in [1.165, 1.54) is 17.5 Å². The van der Waals surface area contributed by atoms with Gasteiger partial charge in [0.1, 0.15) is 0 Å². The van der Waals surface area contributed by atoms with Crippen LogP contribution in [0.4, 0.5) is 5.69 Å². The van der Waals surface area contributed by atoms with Crippen LogP contribution in [0.5, 0.6) is 0 Å². The van der Waals surface area contributed by atoms with Gasteiger partial charge in [0.25, 0.3) is 5.91 Å². The lowest BCUT2D eigenvalue weighted by Gasteiger charge is -2.26. The van der Waals surface area contributed by atoms with Crippen LogP contribution in [-0.4, -0.2) is 41.2 Å². The summed E-state index contributed by atoms with van der Waals surface area (Å²) in [6, 6.07) is 14.5. The summed E-state index contributed by atoms with van der Waals surface area (Å²) in [5.41, 5.74) is 5.33. The highest BCUT2D eigenvalue weighted by Gasteiger charge is 2.41. The molecule has 4 aliphatic rings. The number of nitrogens with one attached hydrogen (secondary N) is 1. The van der Waals surface area contributed by atoms with E-state index in [9.17, 15) is 14.4 Å². The second-order valence-electron chi connectivity index (χ2n) is 10.4. The minimum absolute atomic E-state index is 0.0275. The molecule has 2 aromatic carbocycles. The minimum Gasteiger partial charge on any atom is -0.349 e. The minimum atomic E-state index is -0.301. The van der Waals surface area contributed by atoms with Gasteiger partial charge in [-0.2, -0.15) is 0 Å². The molecule has 1 aliphatic heterocycles. The number of hydrogen-bond donors (Lipinski definition) is 1. The van der Waals surface area contributed by atoms with Crippen molar-refractivity contribution in [3.63, 3.8) is 0 Å². The number of fused-ring (bicyclic) bond motifs is 1. The van der Waals surface area contributed by atoms with E-state index in [1.54, 1.807) is 4.90 Å². The van der Waals surface area contributed by atoms with Crippen molar-refractivity contribution in [2.24, 2.45) is 5.92 Å². The molecule has 3 amide bonds. The highest BCUT2D eigenvalue weighted by Crippen LogP contribution is 2.34. The maximum Gasteiger partial charge on any atom is 0.251 e. The van der Waals surface area contributed by atoms with Crippen LogP contribution in [0, 0.1) is 5.92 Å². The van der Waals surface area contributed by atoms with Crippen LogP contribution in [0.3, 0.4) is 0 Å². The molecular formula is C28H31N3O3. The molecule has 176 valence electrons. The van der Waals surface area contributed by atoms with Gasteiger partial charge in [-0.05, 0) is 85.9 Å². The molecule has 1 saturated heterocycles. The third-order valence-electron chi connectivity index (χ3n) is 7.62. The normalized spacial score (nSPS) is 21.5. The summed E-state index contributed by atoms with van der Waals surface area (Å²) in [4.78, 5) is 42.4. The zero-order valence-corrected chi connectivity index (χ0v) is 19.5. The topological polar surface area (TPSA) is 69.7 Å². The third kappa shape index (κ3) is 4.33. The van der Waals surface area contributed by atoms with Crippen molar-refractivity contribution < 1.29 is 14.4 Å². The first-order valence-electron chi connectivity index (χ1n) is 12.7. The Balaban J connectivity index is 1.13. The Bertz CT molecular complexity index is 1130. The highest BCUT2D eigenvalue weighted by molar-refractivity contribution is 6.00. The molecule has 1 atom stereocenters. The second-order valence-corrected chi connectivity index (χ2v) is 10.4. The molecule has 6 heteroatoms. The van der Waals surface area contributed by atoms with Gasteiger partial charge in [0.2, 0.25) is 11.8 Å².